The van der Waals surface area contributed by atoms with Crippen LogP contribution in [0, 0.1) is 11.3 Å². The summed E-state index contributed by atoms with van der Waals surface area (Å²) in [7, 11) is 0. The molecule has 0 atom stereocenters. The van der Waals surface area contributed by atoms with Gasteiger partial charge in [0, 0.05) is 6.42 Å². The lowest BCUT2D eigenvalue weighted by atomic mass is 10.3. The minimum Gasteiger partial charge on any atom is -0.290 e. The van der Waals surface area contributed by atoms with Gasteiger partial charge in [-0.1, -0.05) is 6.92 Å². The van der Waals surface area contributed by atoms with Gasteiger partial charge >= 0.3 is 0 Å². The first-order valence-corrected chi connectivity index (χ1v) is 3.15. The van der Waals surface area contributed by atoms with Crippen LogP contribution in [0.3, 0.4) is 0 Å². The average molecular weight is 141 g/mol. The predicted molar refractivity (Wildman–Crippen MR) is 37.7 cm³/mol. The first-order chi connectivity index (χ1) is 4.85. The number of amidine groups is 1. The first-order valence-electron chi connectivity index (χ1n) is 3.15. The Morgan fingerprint density at radius 3 is 2.90 bits per heavy atom. The molecule has 0 aliphatic carbocycles. The SMILES string of the molecule is CCCC(=NCC#N)NO. The maximum absolute atomic E-state index is 8.39. The summed E-state index contributed by atoms with van der Waals surface area (Å²) in [5.74, 6) is 0.476. The van der Waals surface area contributed by atoms with E-state index in [0.717, 1.165) is 6.42 Å². The lowest BCUT2D eigenvalue weighted by Gasteiger charge is -1.99. The van der Waals surface area contributed by atoms with Gasteiger partial charge < -0.3 is 0 Å². The molecule has 0 radical (unpaired) electrons. The summed E-state index contributed by atoms with van der Waals surface area (Å²) in [5.41, 5.74) is 1.94. The standard InChI is InChI=1S/C6H11N3O/c1-2-3-6(9-10)8-5-4-7/h10H,2-3,5H2,1H3,(H,8,9). The van der Waals surface area contributed by atoms with Gasteiger partial charge in [-0.05, 0) is 6.42 Å². The molecule has 0 heterocycles. The summed E-state index contributed by atoms with van der Waals surface area (Å²) < 4.78 is 0. The molecule has 4 nitrogen and oxygen atoms in total. The topological polar surface area (TPSA) is 68.4 Å². The summed E-state index contributed by atoms with van der Waals surface area (Å²) in [6.45, 7) is 2.07. The number of nitriles is 1. The van der Waals surface area contributed by atoms with Crippen molar-refractivity contribution in [1.82, 2.24) is 5.48 Å². The van der Waals surface area contributed by atoms with Crippen LogP contribution < -0.4 is 5.48 Å². The number of hydrogen-bond donors (Lipinski definition) is 2. The number of nitrogens with zero attached hydrogens (tertiary/aromatic N) is 2. The van der Waals surface area contributed by atoms with E-state index in [1.54, 1.807) is 0 Å². The molecular formula is C6H11N3O. The molecule has 0 aliphatic heterocycles. The van der Waals surface area contributed by atoms with Gasteiger partial charge in [0.1, 0.15) is 12.4 Å². The van der Waals surface area contributed by atoms with E-state index in [2.05, 4.69) is 4.99 Å². The van der Waals surface area contributed by atoms with E-state index < -0.39 is 0 Å². The maximum Gasteiger partial charge on any atom is 0.128 e. The summed E-state index contributed by atoms with van der Waals surface area (Å²) >= 11 is 0. The fourth-order valence-corrected chi connectivity index (χ4v) is 0.538. The van der Waals surface area contributed by atoms with Crippen molar-refractivity contribution in [1.29, 1.82) is 5.26 Å². The molecule has 0 bridgehead atoms. The van der Waals surface area contributed by atoms with Crippen molar-refractivity contribution in [3.63, 3.8) is 0 Å². The fraction of sp³-hybridized carbons (Fsp3) is 0.667. The molecule has 56 valence electrons. The molecule has 0 aromatic rings. The minimum absolute atomic E-state index is 0.100. The van der Waals surface area contributed by atoms with E-state index in [1.165, 1.54) is 0 Å². The lowest BCUT2D eigenvalue weighted by Crippen LogP contribution is -2.18. The summed E-state index contributed by atoms with van der Waals surface area (Å²) in [5, 5.41) is 16.5. The van der Waals surface area contributed by atoms with E-state index in [-0.39, 0.29) is 6.54 Å². The van der Waals surface area contributed by atoms with Crippen LogP contribution in [0.15, 0.2) is 4.99 Å². The quantitative estimate of drug-likeness (QED) is 0.263. The van der Waals surface area contributed by atoms with Gasteiger partial charge in [-0.3, -0.25) is 15.7 Å². The van der Waals surface area contributed by atoms with Crippen molar-refractivity contribution in [2.24, 2.45) is 4.99 Å². The molecule has 0 aliphatic rings. The van der Waals surface area contributed by atoms with Crippen molar-refractivity contribution in [2.75, 3.05) is 6.54 Å². The Morgan fingerprint density at radius 2 is 2.50 bits per heavy atom. The van der Waals surface area contributed by atoms with Gasteiger partial charge in [-0.15, -0.1) is 0 Å². The maximum atomic E-state index is 8.39. The third kappa shape index (κ3) is 3.87. The number of hydroxylamine groups is 1. The van der Waals surface area contributed by atoms with Gasteiger partial charge in [0.2, 0.25) is 0 Å². The Hall–Kier alpha value is -1.08. The monoisotopic (exact) mass is 141 g/mol. The highest BCUT2D eigenvalue weighted by atomic mass is 16.5. The van der Waals surface area contributed by atoms with Gasteiger partial charge in [-0.25, -0.2) is 0 Å². The van der Waals surface area contributed by atoms with Crippen LogP contribution in [-0.2, 0) is 0 Å². The molecule has 10 heavy (non-hydrogen) atoms. The van der Waals surface area contributed by atoms with Crippen molar-refractivity contribution >= 4 is 5.84 Å². The Labute approximate surface area is 60.1 Å². The van der Waals surface area contributed by atoms with Crippen molar-refractivity contribution in [3.8, 4) is 6.07 Å². The van der Waals surface area contributed by atoms with E-state index in [4.69, 9.17) is 10.5 Å². The Kier molecular flexibility index (Phi) is 5.39. The molecular weight excluding hydrogens is 130 g/mol. The Bertz CT molecular complexity index is 148. The zero-order valence-electron chi connectivity index (χ0n) is 5.96. The predicted octanol–water partition coefficient (Wildman–Crippen LogP) is 0.687. The fourth-order valence-electron chi connectivity index (χ4n) is 0.538. The largest absolute Gasteiger partial charge is 0.290 e. The van der Waals surface area contributed by atoms with Crippen molar-refractivity contribution in [3.05, 3.63) is 0 Å². The van der Waals surface area contributed by atoms with Gasteiger partial charge in [0.25, 0.3) is 0 Å². The van der Waals surface area contributed by atoms with Gasteiger partial charge in [-0.2, -0.15) is 5.26 Å². The summed E-state index contributed by atoms with van der Waals surface area (Å²) in [4.78, 5) is 3.74. The highest BCUT2D eigenvalue weighted by Gasteiger charge is 1.91. The lowest BCUT2D eigenvalue weighted by molar-refractivity contribution is 0.231. The molecule has 0 spiro atoms. The molecule has 0 saturated carbocycles. The van der Waals surface area contributed by atoms with E-state index in [1.807, 2.05) is 18.5 Å². The second kappa shape index (κ2) is 6.05. The molecule has 0 amide bonds. The second-order valence-electron chi connectivity index (χ2n) is 1.78. The number of rotatable bonds is 3. The summed E-state index contributed by atoms with van der Waals surface area (Å²) in [6, 6.07) is 1.85. The molecule has 4 heteroatoms. The van der Waals surface area contributed by atoms with Gasteiger partial charge in [0.05, 0.1) is 6.07 Å². The Morgan fingerprint density at radius 1 is 1.80 bits per heavy atom. The number of nitrogens with one attached hydrogen (secondary N) is 1. The molecule has 0 fully saturated rings. The van der Waals surface area contributed by atoms with Crippen molar-refractivity contribution < 1.29 is 5.21 Å². The van der Waals surface area contributed by atoms with Crippen LogP contribution >= 0.6 is 0 Å². The molecule has 0 unspecified atom stereocenters. The first kappa shape index (κ1) is 8.92. The third-order valence-electron chi connectivity index (χ3n) is 0.956. The molecule has 0 aromatic heterocycles. The summed E-state index contributed by atoms with van der Waals surface area (Å²) in [6.07, 6.45) is 1.58. The number of aliphatic imine (C=N–C) groups is 1. The van der Waals surface area contributed by atoms with Gasteiger partial charge in [0.15, 0.2) is 0 Å². The molecule has 0 saturated heterocycles. The highest BCUT2D eigenvalue weighted by Crippen LogP contribution is 1.87. The molecule has 0 aromatic carbocycles. The van der Waals surface area contributed by atoms with Crippen LogP contribution in [0.5, 0.6) is 0 Å². The van der Waals surface area contributed by atoms with E-state index in [9.17, 15) is 0 Å². The third-order valence-corrected chi connectivity index (χ3v) is 0.956. The van der Waals surface area contributed by atoms with Crippen molar-refractivity contribution in [2.45, 2.75) is 19.8 Å². The van der Waals surface area contributed by atoms with E-state index in [0.29, 0.717) is 12.3 Å². The second-order valence-corrected chi connectivity index (χ2v) is 1.78. The van der Waals surface area contributed by atoms with Crippen LogP contribution in [0.25, 0.3) is 0 Å². The molecule has 0 rings (SSSR count). The average Bonchev–Trinajstić information content (AvgIpc) is 1.98. The van der Waals surface area contributed by atoms with Crippen LogP contribution in [0.4, 0.5) is 0 Å². The Balaban J connectivity index is 3.69. The van der Waals surface area contributed by atoms with Crippen LogP contribution in [-0.4, -0.2) is 17.6 Å². The normalized spacial score (nSPS) is 10.7. The minimum atomic E-state index is 0.100. The zero-order chi connectivity index (χ0) is 7.82. The smallest absolute Gasteiger partial charge is 0.128 e. The van der Waals surface area contributed by atoms with E-state index >= 15 is 0 Å². The highest BCUT2D eigenvalue weighted by molar-refractivity contribution is 5.80. The zero-order valence-corrected chi connectivity index (χ0v) is 5.96. The molecule has 2 N–H and O–H groups in total. The van der Waals surface area contributed by atoms with Crippen LogP contribution in [0.2, 0.25) is 0 Å². The van der Waals surface area contributed by atoms with Crippen LogP contribution in [0.1, 0.15) is 19.8 Å². The number of hydrogen-bond acceptors (Lipinski definition) is 3.